The second-order valence-electron chi connectivity index (χ2n) is 5.14. The molecule has 0 radical (unpaired) electrons. The number of nitrogens with one attached hydrogen (secondary N) is 1. The highest BCUT2D eigenvalue weighted by atomic mass is 32.1. The van der Waals surface area contributed by atoms with Crippen molar-refractivity contribution in [2.24, 2.45) is 0 Å². The molecule has 1 heterocycles. The predicted octanol–water partition coefficient (Wildman–Crippen LogP) is 3.64. The Hall–Kier alpha value is -2.16. The smallest absolute Gasteiger partial charge is 0.226 e. The molecule has 2 rings (SSSR count). The number of hydrogen-bond donors (Lipinski definition) is 1. The molecule has 0 spiro atoms. The summed E-state index contributed by atoms with van der Waals surface area (Å²) >= 11 is 1.37. The van der Waals surface area contributed by atoms with Crippen LogP contribution in [0, 0.1) is 11.3 Å². The highest BCUT2D eigenvalue weighted by Gasteiger charge is 2.13. The molecule has 1 unspecified atom stereocenters. The lowest BCUT2D eigenvalue weighted by molar-refractivity contribution is -0.116. The van der Waals surface area contributed by atoms with E-state index in [1.54, 1.807) is 11.4 Å². The number of carbonyl (C=O) groups excluding carboxylic acids is 1. The van der Waals surface area contributed by atoms with Crippen molar-refractivity contribution in [3.63, 3.8) is 0 Å². The molecule has 1 aromatic carbocycles. The summed E-state index contributed by atoms with van der Waals surface area (Å²) in [5, 5.41) is 14.2. The fraction of sp³-hybridized carbons (Fsp3) is 0.294. The topological polar surface area (TPSA) is 56.1 Å². The fourth-order valence-corrected chi connectivity index (χ4v) is 2.89. The molecular formula is C17H19N3OS. The highest BCUT2D eigenvalue weighted by molar-refractivity contribution is 7.14. The van der Waals surface area contributed by atoms with E-state index in [-0.39, 0.29) is 11.9 Å². The molecule has 1 atom stereocenters. The lowest BCUT2D eigenvalue weighted by Crippen LogP contribution is -2.27. The van der Waals surface area contributed by atoms with Gasteiger partial charge in [0.2, 0.25) is 5.91 Å². The summed E-state index contributed by atoms with van der Waals surface area (Å²) in [6, 6.07) is 14.3. The molecule has 4 nitrogen and oxygen atoms in total. The summed E-state index contributed by atoms with van der Waals surface area (Å²) < 4.78 is 0. The predicted molar refractivity (Wildman–Crippen MR) is 89.8 cm³/mol. The molecule has 0 fully saturated rings. The summed E-state index contributed by atoms with van der Waals surface area (Å²) in [6.07, 6.45) is 0.399. The third-order valence-electron chi connectivity index (χ3n) is 3.67. The van der Waals surface area contributed by atoms with Gasteiger partial charge >= 0.3 is 0 Å². The van der Waals surface area contributed by atoms with Gasteiger partial charge in [-0.3, -0.25) is 9.69 Å². The normalized spacial score (nSPS) is 11.9. The van der Waals surface area contributed by atoms with Gasteiger partial charge in [-0.2, -0.15) is 5.26 Å². The average Bonchev–Trinajstić information content (AvgIpc) is 2.99. The maximum atomic E-state index is 12.0. The number of benzene rings is 1. The molecule has 114 valence electrons. The van der Waals surface area contributed by atoms with Gasteiger partial charge in [-0.05, 0) is 31.0 Å². The first-order valence-electron chi connectivity index (χ1n) is 7.14. The molecule has 0 aliphatic heterocycles. The number of amides is 1. The monoisotopic (exact) mass is 313 g/mol. The molecule has 5 heteroatoms. The molecular weight excluding hydrogens is 294 g/mol. The maximum absolute atomic E-state index is 12.0. The molecule has 1 N–H and O–H groups in total. The first-order chi connectivity index (χ1) is 10.6. The van der Waals surface area contributed by atoms with Gasteiger partial charge in [0.25, 0.3) is 0 Å². The lowest BCUT2D eigenvalue weighted by atomic mass is 10.1. The van der Waals surface area contributed by atoms with Crippen LogP contribution in [0.5, 0.6) is 0 Å². The lowest BCUT2D eigenvalue weighted by Gasteiger charge is -2.24. The largest absolute Gasteiger partial charge is 0.317 e. The van der Waals surface area contributed by atoms with Crippen LogP contribution in [-0.4, -0.2) is 24.4 Å². The van der Waals surface area contributed by atoms with E-state index in [4.69, 9.17) is 5.26 Å². The van der Waals surface area contributed by atoms with E-state index in [0.717, 1.165) is 0 Å². The van der Waals surface area contributed by atoms with E-state index in [2.05, 4.69) is 35.3 Å². The zero-order valence-corrected chi connectivity index (χ0v) is 13.6. The second-order valence-corrected chi connectivity index (χ2v) is 6.06. The van der Waals surface area contributed by atoms with E-state index in [9.17, 15) is 4.79 Å². The van der Waals surface area contributed by atoms with Gasteiger partial charge in [0, 0.05) is 19.0 Å². The Balaban J connectivity index is 1.85. The minimum absolute atomic E-state index is 0.0638. The molecule has 22 heavy (non-hydrogen) atoms. The van der Waals surface area contributed by atoms with Gasteiger partial charge in [-0.1, -0.05) is 30.3 Å². The molecule has 0 saturated heterocycles. The van der Waals surface area contributed by atoms with Crippen LogP contribution in [-0.2, 0) is 4.79 Å². The SMILES string of the molecule is CC(c1ccccc1)N(C)CCC(=O)Nc1sccc1C#N. The molecule has 1 aromatic heterocycles. The Kier molecular flexibility index (Phi) is 5.70. The van der Waals surface area contributed by atoms with Crippen molar-refractivity contribution in [1.82, 2.24) is 4.90 Å². The summed E-state index contributed by atoms with van der Waals surface area (Å²) in [7, 11) is 2.01. The van der Waals surface area contributed by atoms with Crippen LogP contribution >= 0.6 is 11.3 Å². The number of nitrogens with zero attached hydrogens (tertiary/aromatic N) is 2. The van der Waals surface area contributed by atoms with E-state index in [0.29, 0.717) is 23.5 Å². The van der Waals surface area contributed by atoms with Gasteiger partial charge in [-0.15, -0.1) is 11.3 Å². The maximum Gasteiger partial charge on any atom is 0.226 e. The first-order valence-corrected chi connectivity index (χ1v) is 8.02. The summed E-state index contributed by atoms with van der Waals surface area (Å²) in [5.41, 5.74) is 1.75. The Morgan fingerprint density at radius 1 is 1.36 bits per heavy atom. The summed E-state index contributed by atoms with van der Waals surface area (Å²) in [5.74, 6) is -0.0638. The molecule has 0 saturated carbocycles. The fourth-order valence-electron chi connectivity index (χ4n) is 2.14. The van der Waals surface area contributed by atoms with Crippen molar-refractivity contribution in [2.75, 3.05) is 18.9 Å². The van der Waals surface area contributed by atoms with E-state index >= 15 is 0 Å². The van der Waals surface area contributed by atoms with Gasteiger partial charge in [0.15, 0.2) is 0 Å². The minimum atomic E-state index is -0.0638. The minimum Gasteiger partial charge on any atom is -0.317 e. The first kappa shape index (κ1) is 16.2. The number of rotatable bonds is 6. The van der Waals surface area contributed by atoms with Crippen LogP contribution in [0.1, 0.15) is 30.5 Å². The van der Waals surface area contributed by atoms with Crippen molar-refractivity contribution >= 4 is 22.2 Å². The number of hydrogen-bond acceptors (Lipinski definition) is 4. The third kappa shape index (κ3) is 4.17. The van der Waals surface area contributed by atoms with Crippen molar-refractivity contribution < 1.29 is 4.79 Å². The molecule has 1 amide bonds. The van der Waals surface area contributed by atoms with Crippen LogP contribution in [0.3, 0.4) is 0 Å². The number of thiophene rings is 1. The van der Waals surface area contributed by atoms with Crippen LogP contribution in [0.15, 0.2) is 41.8 Å². The summed E-state index contributed by atoms with van der Waals surface area (Å²) in [4.78, 5) is 14.1. The average molecular weight is 313 g/mol. The molecule has 0 aliphatic carbocycles. The van der Waals surface area contributed by atoms with E-state index in [1.165, 1.54) is 16.9 Å². The van der Waals surface area contributed by atoms with Crippen LogP contribution in [0.25, 0.3) is 0 Å². The van der Waals surface area contributed by atoms with Gasteiger partial charge in [0.05, 0.1) is 5.56 Å². The van der Waals surface area contributed by atoms with Crippen molar-refractivity contribution in [2.45, 2.75) is 19.4 Å². The van der Waals surface area contributed by atoms with E-state index < -0.39 is 0 Å². The van der Waals surface area contributed by atoms with Gasteiger partial charge < -0.3 is 5.32 Å². The van der Waals surface area contributed by atoms with Crippen LogP contribution in [0.4, 0.5) is 5.00 Å². The Morgan fingerprint density at radius 2 is 2.09 bits per heavy atom. The van der Waals surface area contributed by atoms with Gasteiger partial charge in [-0.25, -0.2) is 0 Å². The number of carbonyl (C=O) groups is 1. The zero-order chi connectivity index (χ0) is 15.9. The van der Waals surface area contributed by atoms with Crippen LogP contribution < -0.4 is 5.32 Å². The Bertz CT molecular complexity index is 660. The third-order valence-corrected chi connectivity index (χ3v) is 4.50. The zero-order valence-electron chi connectivity index (χ0n) is 12.7. The number of nitriles is 1. The molecule has 2 aromatic rings. The Labute approximate surface area is 135 Å². The van der Waals surface area contributed by atoms with Crippen molar-refractivity contribution in [1.29, 1.82) is 5.26 Å². The Morgan fingerprint density at radius 3 is 2.77 bits per heavy atom. The second kappa shape index (κ2) is 7.74. The van der Waals surface area contributed by atoms with Crippen LogP contribution in [0.2, 0.25) is 0 Å². The van der Waals surface area contributed by atoms with E-state index in [1.807, 2.05) is 25.2 Å². The highest BCUT2D eigenvalue weighted by Crippen LogP contribution is 2.22. The standard InChI is InChI=1S/C17H19N3OS/c1-13(14-6-4-3-5-7-14)20(2)10-8-16(21)19-17-15(12-18)9-11-22-17/h3-7,9,11,13H,8,10H2,1-2H3,(H,19,21). The summed E-state index contributed by atoms with van der Waals surface area (Å²) in [6.45, 7) is 2.79. The molecule has 0 bridgehead atoms. The van der Waals surface area contributed by atoms with Crippen molar-refractivity contribution in [3.05, 3.63) is 52.9 Å². The van der Waals surface area contributed by atoms with Gasteiger partial charge in [0.1, 0.15) is 11.1 Å². The van der Waals surface area contributed by atoms with Crippen molar-refractivity contribution in [3.8, 4) is 6.07 Å². The molecule has 0 aliphatic rings. The quantitative estimate of drug-likeness (QED) is 0.886. The number of anilines is 1.